The Labute approximate surface area is 144 Å². The van der Waals surface area contributed by atoms with Crippen LogP contribution in [0.5, 0.6) is 5.75 Å². The van der Waals surface area contributed by atoms with E-state index in [2.05, 4.69) is 10.3 Å². The van der Waals surface area contributed by atoms with Crippen LogP contribution in [0, 0.1) is 0 Å². The Balaban J connectivity index is 1.65. The smallest absolute Gasteiger partial charge is 0.187 e. The molecule has 3 aliphatic heterocycles. The van der Waals surface area contributed by atoms with Crippen LogP contribution in [0.15, 0.2) is 30.5 Å². The van der Waals surface area contributed by atoms with Gasteiger partial charge in [0.25, 0.3) is 0 Å². The molecule has 0 N–H and O–H groups in total. The zero-order valence-electron chi connectivity index (χ0n) is 14.2. The minimum atomic E-state index is -0.738. The lowest BCUT2D eigenvalue weighted by atomic mass is 9.97. The van der Waals surface area contributed by atoms with E-state index in [0.717, 1.165) is 11.4 Å². The molecule has 2 saturated heterocycles. The fraction of sp³-hybridized carbons (Fsp3) is 0.529. The molecule has 1 aromatic heterocycles. The Morgan fingerprint density at radius 2 is 1.92 bits per heavy atom. The van der Waals surface area contributed by atoms with Crippen LogP contribution in [0.1, 0.15) is 25.6 Å². The Morgan fingerprint density at radius 1 is 1.12 bits per heavy atom. The van der Waals surface area contributed by atoms with Gasteiger partial charge in [0.1, 0.15) is 29.7 Å². The minimum Gasteiger partial charge on any atom is -0.482 e. The first-order chi connectivity index (χ1) is 12.1. The molecule has 0 bridgehead atoms. The van der Waals surface area contributed by atoms with Crippen LogP contribution in [-0.2, 0) is 18.9 Å². The lowest BCUT2D eigenvalue weighted by Gasteiger charge is -2.40. The lowest BCUT2D eigenvalue weighted by molar-refractivity contribution is -0.266. The molecule has 8 nitrogen and oxygen atoms in total. The van der Waals surface area contributed by atoms with E-state index in [1.807, 2.05) is 38.1 Å². The summed E-state index contributed by atoms with van der Waals surface area (Å²) in [5, 5.41) is 8.27. The van der Waals surface area contributed by atoms with Crippen LogP contribution in [-0.4, -0.2) is 52.5 Å². The summed E-state index contributed by atoms with van der Waals surface area (Å²) in [6.45, 7) is 3.76. The van der Waals surface area contributed by atoms with Crippen LogP contribution in [0.2, 0.25) is 0 Å². The molecule has 0 aliphatic carbocycles. The Morgan fingerprint density at radius 3 is 2.76 bits per heavy atom. The molecule has 25 heavy (non-hydrogen) atoms. The average molecular weight is 345 g/mol. The lowest BCUT2D eigenvalue weighted by Crippen LogP contribution is -2.55. The second-order valence-corrected chi connectivity index (χ2v) is 6.85. The topological polar surface area (TPSA) is 76.9 Å². The third-order valence-electron chi connectivity index (χ3n) is 4.79. The second-order valence-electron chi connectivity index (χ2n) is 6.85. The minimum absolute atomic E-state index is 0.340. The van der Waals surface area contributed by atoms with Crippen molar-refractivity contribution < 1.29 is 23.7 Å². The maximum absolute atomic E-state index is 6.33. The second kappa shape index (κ2) is 5.25. The van der Waals surface area contributed by atoms with E-state index in [1.165, 1.54) is 0 Å². The van der Waals surface area contributed by atoms with Crippen molar-refractivity contribution in [3.05, 3.63) is 36.2 Å². The number of nitrogens with zero attached hydrogens (tertiary/aromatic N) is 3. The van der Waals surface area contributed by atoms with Crippen LogP contribution in [0.3, 0.4) is 0 Å². The van der Waals surface area contributed by atoms with E-state index in [1.54, 1.807) is 18.0 Å². The number of fused-ring (bicyclic) bond motifs is 7. The first-order valence-electron chi connectivity index (χ1n) is 8.28. The van der Waals surface area contributed by atoms with Gasteiger partial charge in [-0.3, -0.25) is 0 Å². The fourth-order valence-electron chi connectivity index (χ4n) is 3.81. The standard InChI is InChI=1S/C17H19N3O5/c1-17(2)24-14-13-12(23-16(21-3)15(14)25-17)10-8-18-19-20(10)9-6-4-5-7-11(9)22-13/h4-8,12-16H,1-3H3/t12-,13-,14+,15+,16+/m1/s1. The summed E-state index contributed by atoms with van der Waals surface area (Å²) in [6, 6.07) is 7.70. The fourth-order valence-corrected chi connectivity index (χ4v) is 3.81. The van der Waals surface area contributed by atoms with Crippen molar-refractivity contribution in [3.63, 3.8) is 0 Å². The van der Waals surface area contributed by atoms with Gasteiger partial charge in [-0.2, -0.15) is 0 Å². The Kier molecular flexibility index (Phi) is 3.21. The van der Waals surface area contributed by atoms with Crippen molar-refractivity contribution in [1.82, 2.24) is 15.0 Å². The number of methoxy groups -OCH3 is 1. The quantitative estimate of drug-likeness (QED) is 0.777. The molecule has 1 aromatic carbocycles. The molecule has 3 aliphatic rings. The van der Waals surface area contributed by atoms with Crippen molar-refractivity contribution in [3.8, 4) is 11.4 Å². The van der Waals surface area contributed by atoms with E-state index in [9.17, 15) is 0 Å². The van der Waals surface area contributed by atoms with Gasteiger partial charge in [0.15, 0.2) is 18.2 Å². The van der Waals surface area contributed by atoms with E-state index < -0.39 is 24.3 Å². The number of ether oxygens (including phenoxy) is 5. The molecule has 0 unspecified atom stereocenters. The van der Waals surface area contributed by atoms with Gasteiger partial charge in [0.2, 0.25) is 0 Å². The van der Waals surface area contributed by atoms with Crippen LogP contribution in [0.25, 0.3) is 5.69 Å². The molecule has 5 atom stereocenters. The summed E-state index contributed by atoms with van der Waals surface area (Å²) in [7, 11) is 1.60. The number of rotatable bonds is 1. The molecule has 0 amide bonds. The molecular formula is C17H19N3O5. The zero-order valence-corrected chi connectivity index (χ0v) is 14.2. The number of para-hydroxylation sites is 2. The number of benzene rings is 1. The van der Waals surface area contributed by atoms with Crippen LogP contribution >= 0.6 is 0 Å². The largest absolute Gasteiger partial charge is 0.482 e. The third kappa shape index (κ3) is 2.22. The summed E-state index contributed by atoms with van der Waals surface area (Å²) >= 11 is 0. The average Bonchev–Trinajstić information content (AvgIpc) is 3.16. The monoisotopic (exact) mass is 345 g/mol. The Bertz CT molecular complexity index is 807. The molecule has 2 aromatic rings. The highest BCUT2D eigenvalue weighted by molar-refractivity contribution is 5.48. The Hall–Kier alpha value is -2.00. The van der Waals surface area contributed by atoms with Gasteiger partial charge in [0.05, 0.1) is 11.9 Å². The molecule has 0 spiro atoms. The first-order valence-corrected chi connectivity index (χ1v) is 8.28. The maximum Gasteiger partial charge on any atom is 0.187 e. The van der Waals surface area contributed by atoms with E-state index in [4.69, 9.17) is 23.7 Å². The van der Waals surface area contributed by atoms with Crippen molar-refractivity contribution >= 4 is 0 Å². The highest BCUT2D eigenvalue weighted by Gasteiger charge is 2.58. The molecule has 2 fully saturated rings. The van der Waals surface area contributed by atoms with Crippen LogP contribution < -0.4 is 4.74 Å². The van der Waals surface area contributed by atoms with E-state index >= 15 is 0 Å². The molecule has 8 heteroatoms. The summed E-state index contributed by atoms with van der Waals surface area (Å²) in [5.74, 6) is -0.0360. The highest BCUT2D eigenvalue weighted by Crippen LogP contribution is 2.46. The molecule has 5 rings (SSSR count). The summed E-state index contributed by atoms with van der Waals surface area (Å²) < 4.78 is 32.0. The number of hydrogen-bond acceptors (Lipinski definition) is 7. The van der Waals surface area contributed by atoms with E-state index in [-0.39, 0.29) is 12.2 Å². The highest BCUT2D eigenvalue weighted by atomic mass is 16.8. The van der Waals surface area contributed by atoms with Crippen molar-refractivity contribution in [2.75, 3.05) is 7.11 Å². The number of hydrogen-bond donors (Lipinski definition) is 0. The van der Waals surface area contributed by atoms with Gasteiger partial charge in [-0.15, -0.1) is 5.10 Å². The summed E-state index contributed by atoms with van der Waals surface area (Å²) in [4.78, 5) is 0. The maximum atomic E-state index is 6.33. The third-order valence-corrected chi connectivity index (χ3v) is 4.79. The van der Waals surface area contributed by atoms with Gasteiger partial charge in [-0.25, -0.2) is 4.68 Å². The van der Waals surface area contributed by atoms with Crippen molar-refractivity contribution in [1.29, 1.82) is 0 Å². The van der Waals surface area contributed by atoms with Gasteiger partial charge in [-0.05, 0) is 26.0 Å². The predicted octanol–water partition coefficient (Wildman–Crippen LogP) is 1.59. The van der Waals surface area contributed by atoms with E-state index in [0.29, 0.717) is 5.75 Å². The van der Waals surface area contributed by atoms with Crippen molar-refractivity contribution in [2.45, 2.75) is 50.3 Å². The zero-order chi connectivity index (χ0) is 17.2. The molecular weight excluding hydrogens is 326 g/mol. The van der Waals surface area contributed by atoms with Crippen LogP contribution in [0.4, 0.5) is 0 Å². The van der Waals surface area contributed by atoms with Gasteiger partial charge >= 0.3 is 0 Å². The normalized spacial score (nSPS) is 34.9. The SMILES string of the molecule is CO[C@H]1O[C@@H]2c3cnnn3-c3ccccc3O[C@H]2[C@@H]2OC(C)(C)O[C@H]12. The van der Waals surface area contributed by atoms with Gasteiger partial charge in [-0.1, -0.05) is 17.3 Å². The predicted molar refractivity (Wildman–Crippen MR) is 84.2 cm³/mol. The summed E-state index contributed by atoms with van der Waals surface area (Å²) in [6.07, 6.45) is -0.438. The molecule has 0 saturated carbocycles. The molecule has 0 radical (unpaired) electrons. The number of aromatic nitrogens is 3. The van der Waals surface area contributed by atoms with Gasteiger partial charge in [0, 0.05) is 7.11 Å². The van der Waals surface area contributed by atoms with Gasteiger partial charge < -0.3 is 23.7 Å². The van der Waals surface area contributed by atoms with Crippen molar-refractivity contribution in [2.24, 2.45) is 0 Å². The summed E-state index contributed by atoms with van der Waals surface area (Å²) in [5.41, 5.74) is 1.61. The molecule has 4 heterocycles. The molecule has 132 valence electrons. The first kappa shape index (κ1) is 15.3.